The van der Waals surface area contributed by atoms with Crippen molar-refractivity contribution >= 4 is 17.7 Å². The lowest BCUT2D eigenvalue weighted by atomic mass is 10.1. The molecule has 0 unspecified atom stereocenters. The van der Waals surface area contributed by atoms with Crippen LogP contribution < -0.4 is 4.74 Å². The summed E-state index contributed by atoms with van der Waals surface area (Å²) in [5, 5.41) is 10.5. The normalized spacial score (nSPS) is 10.5. The van der Waals surface area contributed by atoms with Crippen molar-refractivity contribution in [2.24, 2.45) is 0 Å². The van der Waals surface area contributed by atoms with Gasteiger partial charge in [-0.25, -0.2) is 4.79 Å². The Balaban J connectivity index is 1.98. The Labute approximate surface area is 121 Å². The Morgan fingerprint density at radius 2 is 1.71 bits per heavy atom. The second kappa shape index (κ2) is 6.47. The second-order valence-corrected chi connectivity index (χ2v) is 4.42. The minimum absolute atomic E-state index is 0.0509. The minimum atomic E-state index is -0.538. The molecule has 2 rings (SSSR count). The molecule has 106 valence electrons. The molecule has 0 fully saturated rings. The number of rotatable bonds is 4. The fourth-order valence-electron chi connectivity index (χ4n) is 1.63. The van der Waals surface area contributed by atoms with E-state index in [0.717, 1.165) is 11.1 Å². The minimum Gasteiger partial charge on any atom is -0.423 e. The molecule has 0 bridgehead atoms. The van der Waals surface area contributed by atoms with Gasteiger partial charge >= 0.3 is 5.97 Å². The van der Waals surface area contributed by atoms with Gasteiger partial charge in [-0.15, -0.1) is 0 Å². The lowest BCUT2D eigenvalue weighted by molar-refractivity contribution is -0.384. The Morgan fingerprint density at radius 1 is 1.10 bits per heavy atom. The second-order valence-electron chi connectivity index (χ2n) is 4.42. The van der Waals surface area contributed by atoms with Gasteiger partial charge in [0.1, 0.15) is 5.75 Å². The average Bonchev–Trinajstić information content (AvgIpc) is 2.47. The van der Waals surface area contributed by atoms with Gasteiger partial charge in [-0.2, -0.15) is 0 Å². The lowest BCUT2D eigenvalue weighted by Gasteiger charge is -2.00. The van der Waals surface area contributed by atoms with Crippen LogP contribution in [-0.4, -0.2) is 10.9 Å². The van der Waals surface area contributed by atoms with Crippen molar-refractivity contribution < 1.29 is 14.5 Å². The molecule has 0 radical (unpaired) electrons. The molecule has 0 aromatic heterocycles. The molecule has 0 saturated carbocycles. The maximum Gasteiger partial charge on any atom is 0.336 e. The van der Waals surface area contributed by atoms with E-state index < -0.39 is 10.9 Å². The molecular formula is C16H13NO4. The van der Waals surface area contributed by atoms with Gasteiger partial charge in [0, 0.05) is 18.2 Å². The van der Waals surface area contributed by atoms with Gasteiger partial charge in [0.25, 0.3) is 5.69 Å². The highest BCUT2D eigenvalue weighted by Gasteiger charge is 2.06. The van der Waals surface area contributed by atoms with Crippen LogP contribution in [0.3, 0.4) is 0 Å². The molecule has 0 aliphatic carbocycles. The molecule has 0 saturated heterocycles. The van der Waals surface area contributed by atoms with E-state index in [4.69, 9.17) is 4.74 Å². The number of non-ortho nitro benzene ring substituents is 1. The molecule has 5 heteroatoms. The quantitative estimate of drug-likeness (QED) is 0.283. The monoisotopic (exact) mass is 283 g/mol. The number of nitro groups is 1. The summed E-state index contributed by atoms with van der Waals surface area (Å²) in [4.78, 5) is 21.6. The first-order chi connectivity index (χ1) is 10.0. The van der Waals surface area contributed by atoms with Gasteiger partial charge in [-0.05, 0) is 30.7 Å². The third-order valence-electron chi connectivity index (χ3n) is 2.76. The molecule has 0 amide bonds. The van der Waals surface area contributed by atoms with Gasteiger partial charge in [-0.1, -0.05) is 29.8 Å². The number of hydrogen-bond donors (Lipinski definition) is 0. The van der Waals surface area contributed by atoms with Crippen LogP contribution in [0.2, 0.25) is 0 Å². The van der Waals surface area contributed by atoms with Crippen LogP contribution in [0.25, 0.3) is 6.08 Å². The lowest BCUT2D eigenvalue weighted by Crippen LogP contribution is -2.03. The third-order valence-corrected chi connectivity index (χ3v) is 2.76. The zero-order valence-electron chi connectivity index (χ0n) is 11.4. The SMILES string of the molecule is Cc1ccc(/C=C/C(=O)Oc2ccc([N+](=O)[O-])cc2)cc1. The maximum absolute atomic E-state index is 11.6. The largest absolute Gasteiger partial charge is 0.423 e. The number of ether oxygens (including phenoxy) is 1. The zero-order valence-corrected chi connectivity index (χ0v) is 11.4. The van der Waals surface area contributed by atoms with Crippen LogP contribution in [-0.2, 0) is 4.79 Å². The van der Waals surface area contributed by atoms with E-state index in [1.165, 1.54) is 30.3 Å². The molecule has 2 aromatic carbocycles. The van der Waals surface area contributed by atoms with Crippen LogP contribution in [0.5, 0.6) is 5.75 Å². The molecule has 2 aromatic rings. The fourth-order valence-corrected chi connectivity index (χ4v) is 1.63. The first-order valence-corrected chi connectivity index (χ1v) is 6.25. The van der Waals surface area contributed by atoms with Crippen LogP contribution in [0.4, 0.5) is 5.69 Å². The van der Waals surface area contributed by atoms with Crippen molar-refractivity contribution in [3.8, 4) is 5.75 Å². The first kappa shape index (κ1) is 14.5. The number of benzene rings is 2. The third kappa shape index (κ3) is 4.28. The van der Waals surface area contributed by atoms with Crippen molar-refractivity contribution in [1.82, 2.24) is 0 Å². The molecule has 0 N–H and O–H groups in total. The van der Waals surface area contributed by atoms with E-state index in [9.17, 15) is 14.9 Å². The van der Waals surface area contributed by atoms with Crippen LogP contribution in [0, 0.1) is 17.0 Å². The predicted octanol–water partition coefficient (Wildman–Crippen LogP) is 3.52. The highest BCUT2D eigenvalue weighted by Crippen LogP contribution is 2.17. The predicted molar refractivity (Wildman–Crippen MR) is 78.9 cm³/mol. The number of esters is 1. The molecule has 0 atom stereocenters. The number of nitro benzene ring substituents is 1. The van der Waals surface area contributed by atoms with Crippen molar-refractivity contribution in [3.63, 3.8) is 0 Å². The van der Waals surface area contributed by atoms with E-state index in [1.54, 1.807) is 6.08 Å². The van der Waals surface area contributed by atoms with Crippen molar-refractivity contribution in [1.29, 1.82) is 0 Å². The Kier molecular flexibility index (Phi) is 4.46. The first-order valence-electron chi connectivity index (χ1n) is 6.25. The molecular weight excluding hydrogens is 270 g/mol. The van der Waals surface area contributed by atoms with Gasteiger partial charge in [-0.3, -0.25) is 10.1 Å². The summed E-state index contributed by atoms with van der Waals surface area (Å²) in [7, 11) is 0. The standard InChI is InChI=1S/C16H13NO4/c1-12-2-4-13(5-3-12)6-11-16(18)21-15-9-7-14(8-10-15)17(19)20/h2-11H,1H3/b11-6+. The molecule has 21 heavy (non-hydrogen) atoms. The van der Waals surface area contributed by atoms with Crippen molar-refractivity contribution in [3.05, 3.63) is 75.8 Å². The van der Waals surface area contributed by atoms with Crippen LogP contribution >= 0.6 is 0 Å². The van der Waals surface area contributed by atoms with Gasteiger partial charge in [0.05, 0.1) is 4.92 Å². The number of carbonyl (C=O) groups excluding carboxylic acids is 1. The average molecular weight is 283 g/mol. The number of hydrogen-bond acceptors (Lipinski definition) is 4. The number of nitrogens with zero attached hydrogens (tertiary/aromatic N) is 1. The molecule has 0 aliphatic heterocycles. The molecule has 0 heterocycles. The summed E-state index contributed by atoms with van der Waals surface area (Å²) in [5.41, 5.74) is 1.98. The highest BCUT2D eigenvalue weighted by molar-refractivity contribution is 5.88. The topological polar surface area (TPSA) is 69.4 Å². The van der Waals surface area contributed by atoms with Crippen LogP contribution in [0.1, 0.15) is 11.1 Å². The van der Waals surface area contributed by atoms with E-state index >= 15 is 0 Å². The summed E-state index contributed by atoms with van der Waals surface area (Å²) in [6, 6.07) is 13.0. The Hall–Kier alpha value is -2.95. The smallest absolute Gasteiger partial charge is 0.336 e. The molecule has 0 aliphatic rings. The summed E-state index contributed by atoms with van der Waals surface area (Å²) >= 11 is 0. The van der Waals surface area contributed by atoms with Crippen molar-refractivity contribution in [2.45, 2.75) is 6.92 Å². The van der Waals surface area contributed by atoms with Gasteiger partial charge in [0.2, 0.25) is 0 Å². The highest BCUT2D eigenvalue weighted by atomic mass is 16.6. The zero-order chi connectivity index (χ0) is 15.2. The van der Waals surface area contributed by atoms with E-state index in [1.807, 2.05) is 31.2 Å². The summed E-state index contributed by atoms with van der Waals surface area (Å²) in [5.74, 6) is -0.274. The summed E-state index contributed by atoms with van der Waals surface area (Å²) < 4.78 is 5.05. The number of carbonyl (C=O) groups is 1. The van der Waals surface area contributed by atoms with E-state index in [0.29, 0.717) is 0 Å². The van der Waals surface area contributed by atoms with Crippen LogP contribution in [0.15, 0.2) is 54.6 Å². The molecule has 0 spiro atoms. The summed E-state index contributed by atoms with van der Waals surface area (Å²) in [6.07, 6.45) is 2.96. The van der Waals surface area contributed by atoms with E-state index in [-0.39, 0.29) is 11.4 Å². The number of aryl methyl sites for hydroxylation is 1. The van der Waals surface area contributed by atoms with E-state index in [2.05, 4.69) is 0 Å². The molecule has 5 nitrogen and oxygen atoms in total. The van der Waals surface area contributed by atoms with Crippen molar-refractivity contribution in [2.75, 3.05) is 0 Å². The maximum atomic E-state index is 11.6. The van der Waals surface area contributed by atoms with Gasteiger partial charge < -0.3 is 4.74 Å². The Bertz CT molecular complexity index is 672. The Morgan fingerprint density at radius 3 is 2.29 bits per heavy atom. The fraction of sp³-hybridized carbons (Fsp3) is 0.0625. The summed E-state index contributed by atoms with van der Waals surface area (Å²) in [6.45, 7) is 1.98. The van der Waals surface area contributed by atoms with Gasteiger partial charge in [0.15, 0.2) is 0 Å².